The first-order valence-corrected chi connectivity index (χ1v) is 5.68. The molecule has 0 aromatic carbocycles. The zero-order chi connectivity index (χ0) is 14.0. The van der Waals surface area contributed by atoms with E-state index in [1.54, 1.807) is 0 Å². The molecule has 1 aromatic heterocycles. The lowest BCUT2D eigenvalue weighted by Crippen LogP contribution is -2.33. The second-order valence-electron chi connectivity index (χ2n) is 3.84. The van der Waals surface area contributed by atoms with Gasteiger partial charge in [-0.25, -0.2) is 9.69 Å². The highest BCUT2D eigenvalue weighted by Gasteiger charge is 2.44. The minimum atomic E-state index is -0.900. The van der Waals surface area contributed by atoms with Gasteiger partial charge in [0.2, 0.25) is 5.89 Å². The summed E-state index contributed by atoms with van der Waals surface area (Å²) in [7, 11) is 0. The molecule has 1 aliphatic heterocycles. The Morgan fingerprint density at radius 3 is 2.53 bits per heavy atom. The van der Waals surface area contributed by atoms with E-state index in [2.05, 4.69) is 16.7 Å². The van der Waals surface area contributed by atoms with Crippen LogP contribution in [0, 0.1) is 0 Å². The number of aromatic nitrogens is 2. The number of hydrogen-bond acceptors (Lipinski definition) is 6. The third kappa shape index (κ3) is 2.24. The minimum absolute atomic E-state index is 0.00997. The number of hydrogen-bond donors (Lipinski definition) is 0. The third-order valence-electron chi connectivity index (χ3n) is 2.57. The van der Waals surface area contributed by atoms with E-state index in [0.717, 1.165) is 9.80 Å². The molecule has 0 radical (unpaired) electrons. The number of aryl methyl sites for hydroxylation is 1. The summed E-state index contributed by atoms with van der Waals surface area (Å²) in [6.07, 6.45) is 1.95. The Labute approximate surface area is 108 Å². The predicted octanol–water partition coefficient (Wildman–Crippen LogP) is 0.109. The van der Waals surface area contributed by atoms with Crippen LogP contribution in [0.4, 0.5) is 4.79 Å². The molecule has 1 aliphatic rings. The molecule has 8 heteroatoms. The molecule has 19 heavy (non-hydrogen) atoms. The fourth-order valence-electron chi connectivity index (χ4n) is 1.61. The van der Waals surface area contributed by atoms with Gasteiger partial charge in [-0.3, -0.25) is 14.5 Å². The monoisotopic (exact) mass is 264 g/mol. The van der Waals surface area contributed by atoms with Crippen molar-refractivity contribution < 1.29 is 18.9 Å². The molecule has 1 aromatic rings. The molecule has 0 bridgehead atoms. The second-order valence-corrected chi connectivity index (χ2v) is 3.84. The Balaban J connectivity index is 2.16. The number of rotatable bonds is 5. The lowest BCUT2D eigenvalue weighted by Gasteiger charge is -2.11. The van der Waals surface area contributed by atoms with E-state index in [1.165, 1.54) is 6.08 Å². The van der Waals surface area contributed by atoms with Gasteiger partial charge in [-0.2, -0.15) is 4.98 Å². The van der Waals surface area contributed by atoms with Crippen molar-refractivity contribution in [2.75, 3.05) is 6.54 Å². The van der Waals surface area contributed by atoms with Crippen LogP contribution in [0.25, 0.3) is 0 Å². The van der Waals surface area contributed by atoms with Crippen LogP contribution in [0.15, 0.2) is 17.2 Å². The van der Waals surface area contributed by atoms with Crippen molar-refractivity contribution in [1.29, 1.82) is 0 Å². The number of urea groups is 1. The molecule has 0 unspecified atom stereocenters. The van der Waals surface area contributed by atoms with Crippen molar-refractivity contribution in [3.8, 4) is 0 Å². The van der Waals surface area contributed by atoms with Gasteiger partial charge in [-0.15, -0.1) is 6.58 Å². The lowest BCUT2D eigenvalue weighted by molar-refractivity contribution is -0.143. The SMILES string of the molecule is C=CCN1C(=O)C(=O)N(Cc2nc(CC)no2)C1=O. The number of carbonyl (C=O) groups is 3. The Kier molecular flexibility index (Phi) is 3.41. The maximum absolute atomic E-state index is 11.9. The molecular weight excluding hydrogens is 252 g/mol. The van der Waals surface area contributed by atoms with Gasteiger partial charge in [-0.05, 0) is 0 Å². The highest BCUT2D eigenvalue weighted by molar-refractivity contribution is 6.44. The van der Waals surface area contributed by atoms with Crippen molar-refractivity contribution >= 4 is 17.8 Å². The summed E-state index contributed by atoms with van der Waals surface area (Å²) in [5, 5.41) is 3.65. The van der Waals surface area contributed by atoms with Crippen LogP contribution < -0.4 is 0 Å². The summed E-state index contributed by atoms with van der Waals surface area (Å²) < 4.78 is 4.89. The van der Waals surface area contributed by atoms with Crippen molar-refractivity contribution in [3.63, 3.8) is 0 Å². The minimum Gasteiger partial charge on any atom is -0.337 e. The van der Waals surface area contributed by atoms with Crippen LogP contribution in [0.1, 0.15) is 18.6 Å². The average Bonchev–Trinajstić information content (AvgIpc) is 2.94. The summed E-state index contributed by atoms with van der Waals surface area (Å²) in [5.41, 5.74) is 0. The zero-order valence-electron chi connectivity index (χ0n) is 10.3. The highest BCUT2D eigenvalue weighted by Crippen LogP contribution is 2.15. The molecule has 0 saturated carbocycles. The van der Waals surface area contributed by atoms with Crippen LogP contribution in [-0.2, 0) is 22.6 Å². The summed E-state index contributed by atoms with van der Waals surface area (Å²) >= 11 is 0. The van der Waals surface area contributed by atoms with Crippen LogP contribution in [0.2, 0.25) is 0 Å². The summed E-state index contributed by atoms with van der Waals surface area (Å²) in [5.74, 6) is -1.18. The summed E-state index contributed by atoms with van der Waals surface area (Å²) in [6.45, 7) is 5.05. The fraction of sp³-hybridized carbons (Fsp3) is 0.364. The van der Waals surface area contributed by atoms with Gasteiger partial charge in [-0.1, -0.05) is 18.2 Å². The van der Waals surface area contributed by atoms with Crippen molar-refractivity contribution in [1.82, 2.24) is 19.9 Å². The first-order valence-electron chi connectivity index (χ1n) is 5.68. The van der Waals surface area contributed by atoms with Crippen LogP contribution >= 0.6 is 0 Å². The van der Waals surface area contributed by atoms with E-state index >= 15 is 0 Å². The Bertz CT molecular complexity index is 551. The fourth-order valence-corrected chi connectivity index (χ4v) is 1.61. The first kappa shape index (κ1) is 12.9. The standard InChI is InChI=1S/C11H12N4O4/c1-3-5-14-9(16)10(17)15(11(14)18)6-8-12-7(4-2)13-19-8/h3H,1,4-6H2,2H3. The predicted molar refractivity (Wildman–Crippen MR) is 61.5 cm³/mol. The van der Waals surface area contributed by atoms with Crippen molar-refractivity contribution in [2.45, 2.75) is 19.9 Å². The topological polar surface area (TPSA) is 96.6 Å². The second kappa shape index (κ2) is 5.01. The number of nitrogens with zero attached hydrogens (tertiary/aromatic N) is 4. The average molecular weight is 264 g/mol. The van der Waals surface area contributed by atoms with Gasteiger partial charge in [0.05, 0.1) is 0 Å². The molecule has 0 spiro atoms. The van der Waals surface area contributed by atoms with Crippen molar-refractivity contribution in [2.24, 2.45) is 0 Å². The highest BCUT2D eigenvalue weighted by atomic mass is 16.5. The molecular formula is C11H12N4O4. The van der Waals surface area contributed by atoms with E-state index in [1.807, 2.05) is 6.92 Å². The zero-order valence-corrected chi connectivity index (χ0v) is 10.3. The largest absolute Gasteiger partial charge is 0.337 e. The lowest BCUT2D eigenvalue weighted by atomic mass is 10.4. The Morgan fingerprint density at radius 1 is 1.26 bits per heavy atom. The van der Waals surface area contributed by atoms with Crippen LogP contribution in [0.5, 0.6) is 0 Å². The molecule has 0 N–H and O–H groups in total. The van der Waals surface area contributed by atoms with E-state index in [0.29, 0.717) is 12.2 Å². The quantitative estimate of drug-likeness (QED) is 0.425. The first-order chi connectivity index (χ1) is 9.08. The van der Waals surface area contributed by atoms with Crippen LogP contribution in [0.3, 0.4) is 0 Å². The third-order valence-corrected chi connectivity index (χ3v) is 2.57. The molecule has 2 rings (SSSR count). The normalized spacial score (nSPS) is 15.5. The molecule has 1 saturated heterocycles. The maximum atomic E-state index is 11.9. The van der Waals surface area contributed by atoms with Gasteiger partial charge in [0.15, 0.2) is 5.82 Å². The van der Waals surface area contributed by atoms with E-state index in [9.17, 15) is 14.4 Å². The molecule has 0 aliphatic carbocycles. The Morgan fingerprint density at radius 2 is 1.95 bits per heavy atom. The molecule has 2 heterocycles. The van der Waals surface area contributed by atoms with E-state index in [4.69, 9.17) is 4.52 Å². The number of carbonyl (C=O) groups excluding carboxylic acids is 3. The number of imide groups is 2. The molecule has 1 fully saturated rings. The molecule has 4 amide bonds. The van der Waals surface area contributed by atoms with Gasteiger partial charge < -0.3 is 4.52 Å². The summed E-state index contributed by atoms with van der Waals surface area (Å²) in [6, 6.07) is -0.703. The maximum Gasteiger partial charge on any atom is 0.335 e. The van der Waals surface area contributed by atoms with Gasteiger partial charge in [0.1, 0.15) is 6.54 Å². The van der Waals surface area contributed by atoms with Gasteiger partial charge in [0.25, 0.3) is 0 Å². The Hall–Kier alpha value is -2.51. The van der Waals surface area contributed by atoms with E-state index in [-0.39, 0.29) is 19.0 Å². The summed E-state index contributed by atoms with van der Waals surface area (Å²) in [4.78, 5) is 40.7. The smallest absolute Gasteiger partial charge is 0.335 e. The molecule has 100 valence electrons. The molecule has 8 nitrogen and oxygen atoms in total. The van der Waals surface area contributed by atoms with Gasteiger partial charge in [0, 0.05) is 13.0 Å². The van der Waals surface area contributed by atoms with E-state index < -0.39 is 17.8 Å². The van der Waals surface area contributed by atoms with Gasteiger partial charge >= 0.3 is 17.8 Å². The molecule has 0 atom stereocenters. The van der Waals surface area contributed by atoms with Crippen molar-refractivity contribution in [3.05, 3.63) is 24.4 Å². The van der Waals surface area contributed by atoms with Crippen LogP contribution in [-0.4, -0.2) is 44.3 Å². The number of amides is 4.